The summed E-state index contributed by atoms with van der Waals surface area (Å²) in [6.45, 7) is 5.01. The van der Waals surface area contributed by atoms with Crippen molar-refractivity contribution in [2.45, 2.75) is 19.9 Å². The van der Waals surface area contributed by atoms with Crippen molar-refractivity contribution in [3.63, 3.8) is 0 Å². The fraction of sp³-hybridized carbons (Fsp3) is 0.462. The van der Waals surface area contributed by atoms with E-state index in [4.69, 9.17) is 18.0 Å². The molecule has 1 unspecified atom stereocenters. The van der Waals surface area contributed by atoms with E-state index in [-0.39, 0.29) is 10.8 Å². The number of rotatable bonds is 3. The van der Waals surface area contributed by atoms with Gasteiger partial charge in [-0.1, -0.05) is 31.3 Å². The van der Waals surface area contributed by atoms with Crippen molar-refractivity contribution >= 4 is 17.2 Å². The number of hydrogen-bond acceptors (Lipinski definition) is 2. The van der Waals surface area contributed by atoms with Gasteiger partial charge in [0.1, 0.15) is 10.8 Å². The molecule has 0 spiro atoms. The molecule has 4 heteroatoms. The monoisotopic (exact) mass is 252 g/mol. The summed E-state index contributed by atoms with van der Waals surface area (Å²) in [7, 11) is 0. The Kier molecular flexibility index (Phi) is 3.74. The highest BCUT2D eigenvalue weighted by molar-refractivity contribution is 7.80. The molecule has 2 N–H and O–H groups in total. The van der Waals surface area contributed by atoms with Crippen LogP contribution in [0, 0.1) is 11.7 Å². The van der Waals surface area contributed by atoms with E-state index >= 15 is 0 Å². The van der Waals surface area contributed by atoms with Gasteiger partial charge in [0.25, 0.3) is 0 Å². The molecule has 0 aliphatic carbocycles. The van der Waals surface area contributed by atoms with Gasteiger partial charge in [0.05, 0.1) is 0 Å². The summed E-state index contributed by atoms with van der Waals surface area (Å²) in [5.41, 5.74) is 6.78. The summed E-state index contributed by atoms with van der Waals surface area (Å²) in [5, 5.41) is 0. The molecule has 92 valence electrons. The Bertz CT molecular complexity index is 433. The van der Waals surface area contributed by atoms with Crippen LogP contribution >= 0.6 is 12.2 Å². The Labute approximate surface area is 107 Å². The van der Waals surface area contributed by atoms with E-state index in [1.807, 2.05) is 0 Å². The van der Waals surface area contributed by atoms with E-state index in [1.54, 1.807) is 12.1 Å². The minimum Gasteiger partial charge on any atom is -0.389 e. The zero-order chi connectivity index (χ0) is 12.4. The highest BCUT2D eigenvalue weighted by atomic mass is 32.1. The molecular weight excluding hydrogens is 235 g/mol. The van der Waals surface area contributed by atoms with Gasteiger partial charge in [-0.05, 0) is 24.9 Å². The molecule has 2 rings (SSSR count). The van der Waals surface area contributed by atoms with Gasteiger partial charge < -0.3 is 5.73 Å². The van der Waals surface area contributed by atoms with Gasteiger partial charge >= 0.3 is 0 Å². The average Bonchev–Trinajstić information content (AvgIpc) is 2.67. The van der Waals surface area contributed by atoms with E-state index in [9.17, 15) is 4.39 Å². The highest BCUT2D eigenvalue weighted by Crippen LogP contribution is 2.19. The third-order valence-corrected chi connectivity index (χ3v) is 3.48. The van der Waals surface area contributed by atoms with Crippen LogP contribution in [0.4, 0.5) is 4.39 Å². The number of thiocarbonyl (C=S) groups is 1. The molecule has 1 saturated heterocycles. The Hall–Kier alpha value is -1.00. The van der Waals surface area contributed by atoms with Crippen LogP contribution in [0.3, 0.4) is 0 Å². The minimum atomic E-state index is -0.213. The van der Waals surface area contributed by atoms with Crippen LogP contribution in [0.25, 0.3) is 0 Å². The van der Waals surface area contributed by atoms with Crippen LogP contribution < -0.4 is 5.73 Å². The largest absolute Gasteiger partial charge is 0.389 e. The lowest BCUT2D eigenvalue weighted by atomic mass is 10.1. The highest BCUT2D eigenvalue weighted by Gasteiger charge is 2.19. The van der Waals surface area contributed by atoms with Gasteiger partial charge in [0, 0.05) is 24.2 Å². The van der Waals surface area contributed by atoms with Crippen LogP contribution in [0.5, 0.6) is 0 Å². The number of likely N-dealkylation sites (tertiary alicyclic amines) is 1. The molecule has 1 aliphatic rings. The molecule has 0 aromatic heterocycles. The smallest absolute Gasteiger partial charge is 0.128 e. The van der Waals surface area contributed by atoms with Gasteiger partial charge in [-0.15, -0.1) is 0 Å². The predicted molar refractivity (Wildman–Crippen MR) is 71.3 cm³/mol. The molecule has 0 radical (unpaired) electrons. The molecule has 2 nitrogen and oxygen atoms in total. The number of benzene rings is 1. The quantitative estimate of drug-likeness (QED) is 0.837. The second kappa shape index (κ2) is 5.10. The molecule has 17 heavy (non-hydrogen) atoms. The normalized spacial score (nSPS) is 20.7. The van der Waals surface area contributed by atoms with E-state index in [0.717, 1.165) is 18.7 Å². The van der Waals surface area contributed by atoms with Gasteiger partial charge in [0.2, 0.25) is 0 Å². The van der Waals surface area contributed by atoms with E-state index in [0.29, 0.717) is 18.0 Å². The molecule has 0 bridgehead atoms. The second-order valence-electron chi connectivity index (χ2n) is 4.80. The van der Waals surface area contributed by atoms with Crippen LogP contribution in [-0.4, -0.2) is 23.0 Å². The van der Waals surface area contributed by atoms with Gasteiger partial charge in [-0.25, -0.2) is 4.39 Å². The lowest BCUT2D eigenvalue weighted by molar-refractivity contribution is 0.315. The Morgan fingerprint density at radius 1 is 1.59 bits per heavy atom. The topological polar surface area (TPSA) is 29.3 Å². The molecule has 1 aromatic carbocycles. The van der Waals surface area contributed by atoms with E-state index < -0.39 is 0 Å². The lowest BCUT2D eigenvalue weighted by Gasteiger charge is -2.16. The minimum absolute atomic E-state index is 0.213. The average molecular weight is 252 g/mol. The second-order valence-corrected chi connectivity index (χ2v) is 5.24. The molecular formula is C13H17FN2S. The Morgan fingerprint density at radius 3 is 2.88 bits per heavy atom. The fourth-order valence-corrected chi connectivity index (χ4v) is 2.37. The van der Waals surface area contributed by atoms with Crippen molar-refractivity contribution in [2.24, 2.45) is 11.7 Å². The predicted octanol–water partition coefficient (Wildman–Crippen LogP) is 2.30. The van der Waals surface area contributed by atoms with Crippen molar-refractivity contribution in [1.29, 1.82) is 0 Å². The maximum atomic E-state index is 13.8. The first-order valence-corrected chi connectivity index (χ1v) is 6.27. The molecule has 1 aromatic rings. The van der Waals surface area contributed by atoms with E-state index in [1.165, 1.54) is 12.5 Å². The number of nitrogens with two attached hydrogens (primary N) is 1. The first kappa shape index (κ1) is 12.5. The molecule has 1 atom stereocenters. The summed E-state index contributed by atoms with van der Waals surface area (Å²) in [4.78, 5) is 2.52. The van der Waals surface area contributed by atoms with Crippen molar-refractivity contribution in [1.82, 2.24) is 4.90 Å². The number of nitrogens with zero attached hydrogens (tertiary/aromatic N) is 1. The Morgan fingerprint density at radius 2 is 2.35 bits per heavy atom. The SMILES string of the molecule is CC1CCN(Cc2ccc(C(N)=S)cc2F)C1. The number of hydrogen-bond donors (Lipinski definition) is 1. The maximum absolute atomic E-state index is 13.8. The summed E-state index contributed by atoms with van der Waals surface area (Å²) in [6, 6.07) is 5.00. The van der Waals surface area contributed by atoms with E-state index in [2.05, 4.69) is 11.8 Å². The Balaban J connectivity index is 2.09. The molecule has 1 fully saturated rings. The first-order valence-electron chi connectivity index (χ1n) is 5.87. The fourth-order valence-electron chi connectivity index (χ4n) is 2.24. The number of halogens is 1. The van der Waals surface area contributed by atoms with Gasteiger partial charge in [-0.2, -0.15) is 0 Å². The summed E-state index contributed by atoms with van der Waals surface area (Å²) in [6.07, 6.45) is 1.20. The van der Waals surface area contributed by atoms with Gasteiger partial charge in [0.15, 0.2) is 0 Å². The third-order valence-electron chi connectivity index (χ3n) is 3.24. The van der Waals surface area contributed by atoms with Crippen LogP contribution in [0.15, 0.2) is 18.2 Å². The summed E-state index contributed by atoms with van der Waals surface area (Å²) in [5.74, 6) is 0.504. The summed E-state index contributed by atoms with van der Waals surface area (Å²) < 4.78 is 13.8. The zero-order valence-corrected chi connectivity index (χ0v) is 10.8. The molecule has 0 amide bonds. The van der Waals surface area contributed by atoms with Crippen molar-refractivity contribution in [2.75, 3.05) is 13.1 Å². The standard InChI is InChI=1S/C13H17FN2S/c1-9-4-5-16(7-9)8-11-3-2-10(13(15)17)6-12(11)14/h2-3,6,9H,4-5,7-8H2,1H3,(H2,15,17). The molecule has 1 heterocycles. The zero-order valence-electron chi connectivity index (χ0n) is 9.95. The molecule has 0 saturated carbocycles. The van der Waals surface area contributed by atoms with Crippen LogP contribution in [0.2, 0.25) is 0 Å². The first-order chi connectivity index (χ1) is 8.06. The third kappa shape index (κ3) is 3.01. The van der Waals surface area contributed by atoms with Crippen molar-refractivity contribution < 1.29 is 4.39 Å². The molecule has 1 aliphatic heterocycles. The van der Waals surface area contributed by atoms with Crippen molar-refractivity contribution in [3.05, 3.63) is 35.1 Å². The van der Waals surface area contributed by atoms with Crippen LogP contribution in [-0.2, 0) is 6.54 Å². The van der Waals surface area contributed by atoms with Crippen molar-refractivity contribution in [3.8, 4) is 0 Å². The lowest BCUT2D eigenvalue weighted by Crippen LogP contribution is -2.20. The van der Waals surface area contributed by atoms with Gasteiger partial charge in [-0.3, -0.25) is 4.90 Å². The summed E-state index contributed by atoms with van der Waals surface area (Å²) >= 11 is 4.82. The maximum Gasteiger partial charge on any atom is 0.128 e. The van der Waals surface area contributed by atoms with Crippen LogP contribution in [0.1, 0.15) is 24.5 Å².